The number of nitrogens with zero attached hydrogens (tertiary/aromatic N) is 9. The summed E-state index contributed by atoms with van der Waals surface area (Å²) in [6.07, 6.45) is 3.18. The number of sulfonamides is 1. The van der Waals surface area contributed by atoms with E-state index >= 15 is 0 Å². The summed E-state index contributed by atoms with van der Waals surface area (Å²) in [6.45, 7) is 4.44. The minimum Gasteiger partial charge on any atom is -0.497 e. The van der Waals surface area contributed by atoms with Gasteiger partial charge in [0.2, 0.25) is 21.9 Å². The molecule has 2 saturated heterocycles. The average Bonchev–Trinajstić information content (AvgIpc) is 3.71. The monoisotopic (exact) mass is 807 g/mol. The van der Waals surface area contributed by atoms with Gasteiger partial charge in [-0.25, -0.2) is 28.2 Å². The fourth-order valence-electron chi connectivity index (χ4n) is 7.43. The first kappa shape index (κ1) is 38.8. The van der Waals surface area contributed by atoms with Crippen molar-refractivity contribution in [1.82, 2.24) is 29.1 Å². The normalized spacial score (nSPS) is 15.9. The van der Waals surface area contributed by atoms with Crippen molar-refractivity contribution in [3.63, 3.8) is 0 Å². The van der Waals surface area contributed by atoms with Crippen LogP contribution < -0.4 is 24.2 Å². The summed E-state index contributed by atoms with van der Waals surface area (Å²) in [5.74, 6) is 3.36. The number of amides is 1. The smallest absolute Gasteiger partial charge is 0.407 e. The maximum Gasteiger partial charge on any atom is 0.407 e. The van der Waals surface area contributed by atoms with Crippen LogP contribution in [0.4, 0.5) is 28.2 Å². The molecule has 0 atom stereocenters. The molecule has 16 nitrogen and oxygen atoms in total. The summed E-state index contributed by atoms with van der Waals surface area (Å²) >= 11 is 0. The van der Waals surface area contributed by atoms with E-state index in [1.807, 2.05) is 71.9 Å². The number of carbonyl (C=O) groups is 1. The first-order valence-electron chi connectivity index (χ1n) is 19.1. The van der Waals surface area contributed by atoms with Gasteiger partial charge in [-0.05, 0) is 60.0 Å². The zero-order chi connectivity index (χ0) is 40.2. The van der Waals surface area contributed by atoms with Gasteiger partial charge in [-0.15, -0.1) is 0 Å². The van der Waals surface area contributed by atoms with Crippen LogP contribution in [-0.2, 0) is 34.3 Å². The predicted octanol–water partition coefficient (Wildman–Crippen LogP) is 4.67. The third-order valence-corrected chi connectivity index (χ3v) is 12.5. The summed E-state index contributed by atoms with van der Waals surface area (Å²) < 4.78 is 45.3. The van der Waals surface area contributed by atoms with Crippen LogP contribution in [0.1, 0.15) is 16.7 Å². The second-order valence-electron chi connectivity index (χ2n) is 14.2. The van der Waals surface area contributed by atoms with Crippen LogP contribution in [0.2, 0.25) is 0 Å². The molecule has 3 aliphatic heterocycles. The second kappa shape index (κ2) is 16.8. The van der Waals surface area contributed by atoms with E-state index in [4.69, 9.17) is 34.1 Å². The third-order valence-electron chi connectivity index (χ3n) is 10.6. The molecule has 302 valence electrons. The Bertz CT molecular complexity index is 2290. The number of benzene rings is 3. The van der Waals surface area contributed by atoms with Gasteiger partial charge in [0.05, 0.1) is 38.0 Å². The van der Waals surface area contributed by atoms with Crippen LogP contribution in [0.25, 0.3) is 11.3 Å². The summed E-state index contributed by atoms with van der Waals surface area (Å²) in [5, 5.41) is 9.36. The number of aromatic nitrogens is 4. The first-order valence-corrected chi connectivity index (χ1v) is 20.6. The molecule has 0 bridgehead atoms. The molecule has 3 aliphatic rings. The number of methoxy groups -OCH3 is 2. The number of rotatable bonds is 12. The maximum absolute atomic E-state index is 13.8. The maximum atomic E-state index is 13.8. The van der Waals surface area contributed by atoms with Crippen LogP contribution in [-0.4, -0.2) is 122 Å². The molecule has 2 aromatic heterocycles. The first-order chi connectivity index (χ1) is 28.2. The van der Waals surface area contributed by atoms with Gasteiger partial charge in [0.25, 0.3) is 0 Å². The number of anilines is 4. The highest BCUT2D eigenvalue weighted by Gasteiger charge is 2.33. The van der Waals surface area contributed by atoms with Gasteiger partial charge >= 0.3 is 6.09 Å². The predicted molar refractivity (Wildman–Crippen MR) is 217 cm³/mol. The standard InChI is InChI=1S/C41H45N9O7S/c1-55-33-10-6-29(7-11-33)27-48(28-30-8-12-34(56-2)13-9-30)39-42-25-31(26-43-39)37-36-14-15-50(38(36)45-40(44-37)46-20-22-57-23-21-46)32-4-3-5-35(24-32)58(53,54)49-18-16-47(17-19-49)41(51)52/h3-13,24-26H,14-23,27-28H2,1-2H3,(H,51,52). The van der Waals surface area contributed by atoms with E-state index in [9.17, 15) is 18.3 Å². The van der Waals surface area contributed by atoms with E-state index < -0.39 is 16.1 Å². The van der Waals surface area contributed by atoms with Gasteiger partial charge in [-0.1, -0.05) is 30.3 Å². The molecule has 5 aromatic rings. The molecule has 0 saturated carbocycles. The average molecular weight is 808 g/mol. The third kappa shape index (κ3) is 8.19. The molecule has 17 heteroatoms. The Morgan fingerprint density at radius 1 is 0.810 bits per heavy atom. The topological polar surface area (TPSA) is 167 Å². The summed E-state index contributed by atoms with van der Waals surface area (Å²) in [7, 11) is -0.576. The zero-order valence-electron chi connectivity index (χ0n) is 32.4. The lowest BCUT2D eigenvalue weighted by Gasteiger charge is -2.32. The van der Waals surface area contributed by atoms with Crippen LogP contribution in [0, 0.1) is 0 Å². The number of ether oxygens (including phenoxy) is 3. The lowest BCUT2D eigenvalue weighted by molar-refractivity contribution is 0.122. The summed E-state index contributed by atoms with van der Waals surface area (Å²) in [4.78, 5) is 39.1. The van der Waals surface area contributed by atoms with Crippen molar-refractivity contribution in [3.05, 3.63) is 102 Å². The van der Waals surface area contributed by atoms with Crippen molar-refractivity contribution in [2.75, 3.05) is 87.9 Å². The number of hydrogen-bond acceptors (Lipinski definition) is 13. The largest absolute Gasteiger partial charge is 0.497 e. The minimum atomic E-state index is -3.87. The lowest BCUT2D eigenvalue weighted by atomic mass is 10.1. The van der Waals surface area contributed by atoms with Crippen molar-refractivity contribution in [2.24, 2.45) is 0 Å². The van der Waals surface area contributed by atoms with Crippen molar-refractivity contribution in [3.8, 4) is 22.8 Å². The van der Waals surface area contributed by atoms with E-state index in [2.05, 4.69) is 9.80 Å². The highest BCUT2D eigenvalue weighted by atomic mass is 32.2. The minimum absolute atomic E-state index is 0.0898. The second-order valence-corrected chi connectivity index (χ2v) is 16.1. The highest BCUT2D eigenvalue weighted by Crippen LogP contribution is 2.40. The van der Waals surface area contributed by atoms with Gasteiger partial charge in [0, 0.05) is 88.1 Å². The molecule has 0 spiro atoms. The zero-order valence-corrected chi connectivity index (χ0v) is 33.2. The van der Waals surface area contributed by atoms with E-state index in [1.165, 1.54) is 9.21 Å². The van der Waals surface area contributed by atoms with Crippen molar-refractivity contribution >= 4 is 39.5 Å². The molecule has 58 heavy (non-hydrogen) atoms. The van der Waals surface area contributed by atoms with Gasteiger partial charge in [0.1, 0.15) is 17.3 Å². The highest BCUT2D eigenvalue weighted by molar-refractivity contribution is 7.89. The van der Waals surface area contributed by atoms with Gasteiger partial charge in [-0.3, -0.25) is 0 Å². The Morgan fingerprint density at radius 2 is 1.43 bits per heavy atom. The molecule has 3 aromatic carbocycles. The van der Waals surface area contributed by atoms with Crippen LogP contribution in [0.15, 0.2) is 90.1 Å². The Labute approximate surface area is 337 Å². The van der Waals surface area contributed by atoms with Crippen LogP contribution in [0.3, 0.4) is 0 Å². The number of hydrogen-bond donors (Lipinski definition) is 1. The fraction of sp³-hybridized carbons (Fsp3) is 0.341. The van der Waals surface area contributed by atoms with Crippen molar-refractivity contribution in [2.45, 2.75) is 24.4 Å². The molecular formula is C41H45N9O7S. The van der Waals surface area contributed by atoms with E-state index in [1.54, 1.807) is 32.4 Å². The molecule has 0 aliphatic carbocycles. The quantitative estimate of drug-likeness (QED) is 0.185. The lowest BCUT2D eigenvalue weighted by Crippen LogP contribution is -2.50. The number of morpholine rings is 1. The molecule has 0 radical (unpaired) electrons. The number of piperazine rings is 1. The van der Waals surface area contributed by atoms with E-state index in [0.29, 0.717) is 75.8 Å². The Balaban J connectivity index is 1.11. The molecule has 2 fully saturated rings. The summed E-state index contributed by atoms with van der Waals surface area (Å²) in [5.41, 5.74) is 5.20. The number of fused-ring (bicyclic) bond motifs is 1. The van der Waals surface area contributed by atoms with Gasteiger partial charge in [0.15, 0.2) is 0 Å². The van der Waals surface area contributed by atoms with Crippen LogP contribution in [0.5, 0.6) is 11.5 Å². The van der Waals surface area contributed by atoms with Gasteiger partial charge < -0.3 is 38.9 Å². The molecule has 1 N–H and O–H groups in total. The van der Waals surface area contributed by atoms with E-state index in [-0.39, 0.29) is 31.1 Å². The van der Waals surface area contributed by atoms with E-state index in [0.717, 1.165) is 39.4 Å². The molecule has 0 unspecified atom stereocenters. The Morgan fingerprint density at radius 3 is 2.02 bits per heavy atom. The van der Waals surface area contributed by atoms with Crippen LogP contribution >= 0.6 is 0 Å². The SMILES string of the molecule is COc1ccc(CN(Cc2ccc(OC)cc2)c2ncc(-c3nc(N4CCOCC4)nc4c3CCN4c3cccc(S(=O)(=O)N4CCN(C(=O)O)CC4)c3)cn2)cc1. The fourth-order valence-corrected chi connectivity index (χ4v) is 8.89. The number of carboxylic acid groups (broad SMARTS) is 1. The molecule has 5 heterocycles. The Hall–Kier alpha value is -6.04. The summed E-state index contributed by atoms with van der Waals surface area (Å²) in [6, 6.07) is 22.8. The molecule has 8 rings (SSSR count). The van der Waals surface area contributed by atoms with Crippen molar-refractivity contribution in [1.29, 1.82) is 0 Å². The Kier molecular flexibility index (Phi) is 11.3. The van der Waals surface area contributed by atoms with Crippen molar-refractivity contribution < 1.29 is 32.5 Å². The van der Waals surface area contributed by atoms with Gasteiger partial charge in [-0.2, -0.15) is 9.29 Å². The molecular weight excluding hydrogens is 763 g/mol. The molecule has 1 amide bonds.